The van der Waals surface area contributed by atoms with E-state index in [1.807, 2.05) is 38.1 Å². The molecular formula is C23H20BrNO4. The van der Waals surface area contributed by atoms with Gasteiger partial charge in [-0.3, -0.25) is 0 Å². The number of pyridine rings is 1. The summed E-state index contributed by atoms with van der Waals surface area (Å²) in [6.07, 6.45) is 4.70. The molecule has 1 aromatic heterocycles. The van der Waals surface area contributed by atoms with Gasteiger partial charge in [-0.15, -0.1) is 0 Å². The molecular weight excluding hydrogens is 434 g/mol. The number of carboxylic acid groups (broad SMARTS) is 1. The van der Waals surface area contributed by atoms with Crippen LogP contribution in [0, 0.1) is 0 Å². The average Bonchev–Trinajstić information content (AvgIpc) is 3.04. The van der Waals surface area contributed by atoms with Crippen molar-refractivity contribution < 1.29 is 19.4 Å². The van der Waals surface area contributed by atoms with E-state index in [1.165, 1.54) is 0 Å². The van der Waals surface area contributed by atoms with Gasteiger partial charge in [0.1, 0.15) is 17.6 Å². The van der Waals surface area contributed by atoms with Gasteiger partial charge < -0.3 is 14.6 Å². The summed E-state index contributed by atoms with van der Waals surface area (Å²) >= 11 is 3.39. The summed E-state index contributed by atoms with van der Waals surface area (Å²) < 4.78 is 12.5. The van der Waals surface area contributed by atoms with Crippen LogP contribution in [-0.2, 0) is 6.42 Å². The second-order valence-electron chi connectivity index (χ2n) is 6.96. The van der Waals surface area contributed by atoms with E-state index in [0.717, 1.165) is 33.5 Å². The second kappa shape index (κ2) is 7.87. The number of carboxylic acids is 1. The van der Waals surface area contributed by atoms with E-state index in [9.17, 15) is 9.90 Å². The van der Waals surface area contributed by atoms with Gasteiger partial charge in [-0.05, 0) is 62.4 Å². The highest BCUT2D eigenvalue weighted by Gasteiger charge is 2.21. The van der Waals surface area contributed by atoms with Gasteiger partial charge in [0, 0.05) is 27.4 Å². The van der Waals surface area contributed by atoms with Gasteiger partial charge in [0.05, 0.1) is 23.4 Å². The van der Waals surface area contributed by atoms with E-state index >= 15 is 0 Å². The topological polar surface area (TPSA) is 68.7 Å². The first kappa shape index (κ1) is 19.5. The standard InChI is InChI=1S/C23H20BrNO4/c1-3-28-21-10-15-8-13(2)29-22(15)9-14(21)4-6-17-12-19(23(26)27)18-11-16(24)5-7-20(18)25-17/h4-7,9-13H,3,8H2,1-2H3,(H,26,27)/b6-4+. The highest BCUT2D eigenvalue weighted by atomic mass is 79.9. The van der Waals surface area contributed by atoms with E-state index in [4.69, 9.17) is 9.47 Å². The normalized spacial score (nSPS) is 15.5. The zero-order valence-electron chi connectivity index (χ0n) is 16.1. The van der Waals surface area contributed by atoms with Gasteiger partial charge in [-0.2, -0.15) is 0 Å². The summed E-state index contributed by atoms with van der Waals surface area (Å²) in [6, 6.07) is 11.0. The molecule has 1 N–H and O–H groups in total. The molecule has 0 aliphatic carbocycles. The van der Waals surface area contributed by atoms with Crippen molar-refractivity contribution in [3.8, 4) is 11.5 Å². The Morgan fingerprint density at radius 3 is 2.90 bits per heavy atom. The molecule has 4 rings (SSSR count). The van der Waals surface area contributed by atoms with Gasteiger partial charge in [0.25, 0.3) is 0 Å². The van der Waals surface area contributed by atoms with Crippen LogP contribution < -0.4 is 9.47 Å². The van der Waals surface area contributed by atoms with Crippen LogP contribution in [-0.4, -0.2) is 28.8 Å². The molecule has 1 aliphatic rings. The summed E-state index contributed by atoms with van der Waals surface area (Å²) in [6.45, 7) is 4.55. The monoisotopic (exact) mass is 453 g/mol. The minimum atomic E-state index is -0.986. The third kappa shape index (κ3) is 3.98. The number of ether oxygens (including phenoxy) is 2. The Labute approximate surface area is 177 Å². The Morgan fingerprint density at radius 1 is 1.31 bits per heavy atom. The largest absolute Gasteiger partial charge is 0.493 e. The van der Waals surface area contributed by atoms with Crippen molar-refractivity contribution in [2.75, 3.05) is 6.61 Å². The summed E-state index contributed by atoms with van der Waals surface area (Å²) in [7, 11) is 0. The van der Waals surface area contributed by atoms with E-state index < -0.39 is 5.97 Å². The molecule has 0 spiro atoms. The van der Waals surface area contributed by atoms with E-state index in [1.54, 1.807) is 24.3 Å². The zero-order chi connectivity index (χ0) is 20.5. The first-order valence-electron chi connectivity index (χ1n) is 9.42. The lowest BCUT2D eigenvalue weighted by atomic mass is 10.0. The van der Waals surface area contributed by atoms with Crippen LogP contribution in [0.3, 0.4) is 0 Å². The third-order valence-corrected chi connectivity index (χ3v) is 5.28. The molecule has 1 aliphatic heterocycles. The molecule has 0 fully saturated rings. The fourth-order valence-electron chi connectivity index (χ4n) is 3.52. The van der Waals surface area contributed by atoms with Gasteiger partial charge in [-0.25, -0.2) is 9.78 Å². The highest BCUT2D eigenvalue weighted by molar-refractivity contribution is 9.10. The average molecular weight is 454 g/mol. The molecule has 0 amide bonds. The van der Waals surface area contributed by atoms with E-state index in [-0.39, 0.29) is 11.7 Å². The van der Waals surface area contributed by atoms with Crippen LogP contribution in [0.15, 0.2) is 40.9 Å². The minimum Gasteiger partial charge on any atom is -0.493 e. The molecule has 3 aromatic rings. The van der Waals surface area contributed by atoms with Gasteiger partial charge in [0.2, 0.25) is 0 Å². The van der Waals surface area contributed by atoms with Crippen molar-refractivity contribution in [3.63, 3.8) is 0 Å². The lowest BCUT2D eigenvalue weighted by molar-refractivity contribution is 0.0699. The summed E-state index contributed by atoms with van der Waals surface area (Å²) in [5.41, 5.74) is 3.42. The van der Waals surface area contributed by atoms with Crippen molar-refractivity contribution in [2.24, 2.45) is 0 Å². The molecule has 0 bridgehead atoms. The fraction of sp³-hybridized carbons (Fsp3) is 0.217. The first-order chi connectivity index (χ1) is 13.9. The number of aromatic nitrogens is 1. The van der Waals surface area contributed by atoms with Gasteiger partial charge >= 0.3 is 5.97 Å². The lowest BCUT2D eigenvalue weighted by Crippen LogP contribution is -2.05. The van der Waals surface area contributed by atoms with E-state index in [2.05, 4.69) is 20.9 Å². The van der Waals surface area contributed by atoms with Crippen LogP contribution in [0.25, 0.3) is 23.1 Å². The Morgan fingerprint density at radius 2 is 2.14 bits per heavy atom. The number of fused-ring (bicyclic) bond motifs is 2. The Bertz CT molecular complexity index is 1140. The maximum Gasteiger partial charge on any atom is 0.336 e. The van der Waals surface area contributed by atoms with Crippen molar-refractivity contribution in [3.05, 3.63) is 63.3 Å². The van der Waals surface area contributed by atoms with Crippen molar-refractivity contribution in [1.82, 2.24) is 4.98 Å². The molecule has 1 atom stereocenters. The number of rotatable bonds is 5. The SMILES string of the molecule is CCOc1cc2c(cc1/C=C/c1cc(C(=O)O)c3cc(Br)ccc3n1)OC(C)C2. The van der Waals surface area contributed by atoms with Crippen LogP contribution in [0.5, 0.6) is 11.5 Å². The van der Waals surface area contributed by atoms with Gasteiger partial charge in [-0.1, -0.05) is 15.9 Å². The van der Waals surface area contributed by atoms with Crippen LogP contribution >= 0.6 is 15.9 Å². The number of hydrogen-bond acceptors (Lipinski definition) is 4. The molecule has 6 heteroatoms. The van der Waals surface area contributed by atoms with Crippen LogP contribution in [0.4, 0.5) is 0 Å². The van der Waals surface area contributed by atoms with Crippen molar-refractivity contribution in [2.45, 2.75) is 26.4 Å². The number of hydrogen-bond donors (Lipinski definition) is 1. The number of halogens is 1. The molecule has 148 valence electrons. The van der Waals surface area contributed by atoms with Crippen LogP contribution in [0.1, 0.15) is 41.0 Å². The number of nitrogens with zero attached hydrogens (tertiary/aromatic N) is 1. The smallest absolute Gasteiger partial charge is 0.336 e. The maximum absolute atomic E-state index is 11.7. The Balaban J connectivity index is 1.76. The highest BCUT2D eigenvalue weighted by Crippen LogP contribution is 2.36. The number of benzene rings is 2. The molecule has 5 nitrogen and oxygen atoms in total. The summed E-state index contributed by atoms with van der Waals surface area (Å²) in [5.74, 6) is 0.659. The predicted octanol–water partition coefficient (Wildman–Crippen LogP) is 5.59. The molecule has 0 radical (unpaired) electrons. The molecule has 1 unspecified atom stereocenters. The van der Waals surface area contributed by atoms with Gasteiger partial charge in [0.15, 0.2) is 0 Å². The number of carbonyl (C=O) groups is 1. The number of aromatic carboxylic acids is 1. The second-order valence-corrected chi connectivity index (χ2v) is 7.87. The Hall–Kier alpha value is -2.86. The molecule has 0 saturated heterocycles. The molecule has 0 saturated carbocycles. The van der Waals surface area contributed by atoms with E-state index in [0.29, 0.717) is 23.2 Å². The maximum atomic E-state index is 11.7. The molecule has 29 heavy (non-hydrogen) atoms. The predicted molar refractivity (Wildman–Crippen MR) is 117 cm³/mol. The lowest BCUT2D eigenvalue weighted by Gasteiger charge is -2.10. The molecule has 2 heterocycles. The van der Waals surface area contributed by atoms with Crippen molar-refractivity contribution in [1.29, 1.82) is 0 Å². The van der Waals surface area contributed by atoms with Crippen molar-refractivity contribution >= 4 is 45.0 Å². The summed E-state index contributed by atoms with van der Waals surface area (Å²) in [5, 5.41) is 10.2. The third-order valence-electron chi connectivity index (χ3n) is 4.78. The summed E-state index contributed by atoms with van der Waals surface area (Å²) in [4.78, 5) is 16.3. The first-order valence-corrected chi connectivity index (χ1v) is 10.2. The minimum absolute atomic E-state index is 0.151. The quantitative estimate of drug-likeness (QED) is 0.545. The zero-order valence-corrected chi connectivity index (χ0v) is 17.7. The van der Waals surface area contributed by atoms with Crippen LogP contribution in [0.2, 0.25) is 0 Å². The Kier molecular flexibility index (Phi) is 5.28. The molecule has 2 aromatic carbocycles. The fourth-order valence-corrected chi connectivity index (χ4v) is 3.88.